The molecule has 1 N–H and O–H groups in total. The van der Waals surface area contributed by atoms with Gasteiger partial charge in [-0.3, -0.25) is 4.79 Å². The van der Waals surface area contributed by atoms with Crippen LogP contribution in [0.2, 0.25) is 0 Å². The van der Waals surface area contributed by atoms with E-state index in [9.17, 15) is 4.79 Å². The molecule has 0 rings (SSSR count). The second-order valence-electron chi connectivity index (χ2n) is 2.62. The number of unbranched alkanes of at least 4 members (excludes halogenated alkanes) is 3. The summed E-state index contributed by atoms with van der Waals surface area (Å²) in [6, 6.07) is 0. The summed E-state index contributed by atoms with van der Waals surface area (Å²) in [5.41, 5.74) is 0. The summed E-state index contributed by atoms with van der Waals surface area (Å²) in [4.78, 5) is 10.4. The van der Waals surface area contributed by atoms with Gasteiger partial charge in [0.2, 0.25) is 5.91 Å². The minimum Gasteiger partial charge on any atom is -0.356 e. The van der Waals surface area contributed by atoms with Crippen LogP contribution < -0.4 is 5.32 Å². The van der Waals surface area contributed by atoms with E-state index in [1.165, 1.54) is 19.3 Å². The molecule has 11 heavy (non-hydrogen) atoms. The predicted octanol–water partition coefficient (Wildman–Crippen LogP) is 1.61. The van der Waals surface area contributed by atoms with E-state index in [0.29, 0.717) is 0 Å². The second-order valence-corrected chi connectivity index (χ2v) is 3.07. The molecule has 0 saturated heterocycles. The Morgan fingerprint density at radius 3 is 2.45 bits per heavy atom. The highest BCUT2D eigenvalue weighted by molar-refractivity contribution is 7.80. The third-order valence-electron chi connectivity index (χ3n) is 1.46. The molecule has 0 aromatic rings. The second kappa shape index (κ2) is 7.92. The molecule has 1 amide bonds. The lowest BCUT2D eigenvalue weighted by Crippen LogP contribution is -2.20. The van der Waals surface area contributed by atoms with Crippen molar-refractivity contribution in [1.29, 1.82) is 0 Å². The number of hydrogen-bond donors (Lipinski definition) is 2. The third-order valence-corrected chi connectivity index (χ3v) is 1.78. The van der Waals surface area contributed by atoms with Crippen molar-refractivity contribution in [3.05, 3.63) is 0 Å². The van der Waals surface area contributed by atoms with E-state index >= 15 is 0 Å². The fourth-order valence-electron chi connectivity index (χ4n) is 0.855. The van der Waals surface area contributed by atoms with E-state index in [1.807, 2.05) is 0 Å². The lowest BCUT2D eigenvalue weighted by atomic mass is 10.2. The smallest absolute Gasteiger partial charge is 0.216 e. The van der Waals surface area contributed by atoms with E-state index in [1.54, 1.807) is 6.92 Å². The van der Waals surface area contributed by atoms with Crippen LogP contribution in [0.1, 0.15) is 32.6 Å². The Bertz CT molecular complexity index is 106. The highest BCUT2D eigenvalue weighted by atomic mass is 32.1. The SMILES string of the molecule is CC(=O)NCCCCCCS. The summed E-state index contributed by atoms with van der Waals surface area (Å²) in [5.74, 6) is 1.04. The van der Waals surface area contributed by atoms with Gasteiger partial charge in [0.1, 0.15) is 0 Å². The first-order chi connectivity index (χ1) is 5.27. The number of hydrogen-bond acceptors (Lipinski definition) is 2. The van der Waals surface area contributed by atoms with E-state index < -0.39 is 0 Å². The molecule has 0 heterocycles. The minimum atomic E-state index is 0.0687. The van der Waals surface area contributed by atoms with Crippen molar-refractivity contribution < 1.29 is 4.79 Å². The molecule has 0 aromatic heterocycles. The molecule has 3 heteroatoms. The van der Waals surface area contributed by atoms with Gasteiger partial charge < -0.3 is 5.32 Å². The Morgan fingerprint density at radius 1 is 1.27 bits per heavy atom. The minimum absolute atomic E-state index is 0.0687. The molecule has 66 valence electrons. The van der Waals surface area contributed by atoms with Crippen molar-refractivity contribution >= 4 is 18.5 Å². The number of nitrogens with one attached hydrogen (secondary N) is 1. The van der Waals surface area contributed by atoms with Gasteiger partial charge in [0.15, 0.2) is 0 Å². The van der Waals surface area contributed by atoms with Crippen molar-refractivity contribution in [3.63, 3.8) is 0 Å². The Labute approximate surface area is 74.2 Å². The summed E-state index contributed by atoms with van der Waals surface area (Å²) in [6.07, 6.45) is 4.69. The van der Waals surface area contributed by atoms with E-state index in [-0.39, 0.29) is 5.91 Å². The summed E-state index contributed by atoms with van der Waals surface area (Å²) >= 11 is 4.11. The van der Waals surface area contributed by atoms with Gasteiger partial charge in [0.25, 0.3) is 0 Å². The van der Waals surface area contributed by atoms with Gasteiger partial charge in [0, 0.05) is 13.5 Å². The van der Waals surface area contributed by atoms with Crippen LogP contribution >= 0.6 is 12.6 Å². The van der Waals surface area contributed by atoms with Gasteiger partial charge in [0.05, 0.1) is 0 Å². The van der Waals surface area contributed by atoms with Crippen molar-refractivity contribution in [1.82, 2.24) is 5.32 Å². The maximum Gasteiger partial charge on any atom is 0.216 e. The maximum absolute atomic E-state index is 10.4. The molecule has 0 atom stereocenters. The number of thiol groups is 1. The first kappa shape index (κ1) is 10.8. The molecule has 2 nitrogen and oxygen atoms in total. The van der Waals surface area contributed by atoms with Crippen molar-refractivity contribution in [2.24, 2.45) is 0 Å². The molecular weight excluding hydrogens is 158 g/mol. The zero-order chi connectivity index (χ0) is 8.53. The first-order valence-corrected chi connectivity index (χ1v) is 4.76. The molecule has 0 bridgehead atoms. The van der Waals surface area contributed by atoms with Crippen molar-refractivity contribution in [2.45, 2.75) is 32.6 Å². The van der Waals surface area contributed by atoms with Crippen LogP contribution in [0.3, 0.4) is 0 Å². The zero-order valence-electron chi connectivity index (χ0n) is 7.10. The summed E-state index contributed by atoms with van der Waals surface area (Å²) in [5, 5.41) is 2.76. The quantitative estimate of drug-likeness (QED) is 0.466. The summed E-state index contributed by atoms with van der Waals surface area (Å²) in [7, 11) is 0. The van der Waals surface area contributed by atoms with Crippen LogP contribution in [-0.4, -0.2) is 18.2 Å². The highest BCUT2D eigenvalue weighted by Crippen LogP contribution is 1.99. The van der Waals surface area contributed by atoms with E-state index in [0.717, 1.165) is 18.7 Å². The molecule has 0 aliphatic carbocycles. The monoisotopic (exact) mass is 175 g/mol. The van der Waals surface area contributed by atoms with Gasteiger partial charge in [-0.2, -0.15) is 12.6 Å². The van der Waals surface area contributed by atoms with Gasteiger partial charge in [-0.25, -0.2) is 0 Å². The summed E-state index contributed by atoms with van der Waals surface area (Å²) < 4.78 is 0. The van der Waals surface area contributed by atoms with Crippen LogP contribution in [0.4, 0.5) is 0 Å². The van der Waals surface area contributed by atoms with Gasteiger partial charge in [-0.15, -0.1) is 0 Å². The molecule has 0 aliphatic heterocycles. The lowest BCUT2D eigenvalue weighted by molar-refractivity contribution is -0.118. The fourth-order valence-corrected chi connectivity index (χ4v) is 1.08. The Morgan fingerprint density at radius 2 is 1.91 bits per heavy atom. The van der Waals surface area contributed by atoms with Gasteiger partial charge >= 0.3 is 0 Å². The normalized spacial score (nSPS) is 9.64. The molecule has 0 radical (unpaired) electrons. The van der Waals surface area contributed by atoms with Gasteiger partial charge in [-0.1, -0.05) is 12.8 Å². The topological polar surface area (TPSA) is 29.1 Å². The number of carbonyl (C=O) groups excluding carboxylic acids is 1. The molecule has 0 aromatic carbocycles. The van der Waals surface area contributed by atoms with E-state index in [4.69, 9.17) is 0 Å². The first-order valence-electron chi connectivity index (χ1n) is 4.12. The predicted molar refractivity (Wildman–Crippen MR) is 51.0 cm³/mol. The molecule has 0 aliphatic rings. The third kappa shape index (κ3) is 9.82. The molecular formula is C8H17NOS. The number of carbonyl (C=O) groups is 1. The standard InChI is InChI=1S/C8H17NOS/c1-8(10)9-6-4-2-3-5-7-11/h11H,2-7H2,1H3,(H,9,10). The molecule has 0 unspecified atom stereocenters. The van der Waals surface area contributed by atoms with E-state index in [2.05, 4.69) is 17.9 Å². The fraction of sp³-hybridized carbons (Fsp3) is 0.875. The maximum atomic E-state index is 10.4. The Kier molecular flexibility index (Phi) is 7.79. The average Bonchev–Trinajstić information content (AvgIpc) is 1.96. The number of rotatable bonds is 6. The lowest BCUT2D eigenvalue weighted by Gasteiger charge is -2.00. The molecule has 0 spiro atoms. The van der Waals surface area contributed by atoms with Gasteiger partial charge in [-0.05, 0) is 18.6 Å². The zero-order valence-corrected chi connectivity index (χ0v) is 7.99. The Hall–Kier alpha value is -0.180. The molecule has 0 saturated carbocycles. The van der Waals surface area contributed by atoms with Crippen LogP contribution in [-0.2, 0) is 4.79 Å². The Balaban J connectivity index is 2.85. The van der Waals surface area contributed by atoms with Crippen LogP contribution in [0.5, 0.6) is 0 Å². The average molecular weight is 175 g/mol. The molecule has 0 fully saturated rings. The van der Waals surface area contributed by atoms with Crippen molar-refractivity contribution in [2.75, 3.05) is 12.3 Å². The van der Waals surface area contributed by atoms with Crippen LogP contribution in [0.15, 0.2) is 0 Å². The summed E-state index contributed by atoms with van der Waals surface area (Å²) in [6.45, 7) is 2.37. The highest BCUT2D eigenvalue weighted by Gasteiger charge is 1.90. The van der Waals surface area contributed by atoms with Crippen molar-refractivity contribution in [3.8, 4) is 0 Å². The number of amides is 1. The largest absolute Gasteiger partial charge is 0.356 e. The van der Waals surface area contributed by atoms with Crippen LogP contribution in [0, 0.1) is 0 Å². The van der Waals surface area contributed by atoms with Crippen LogP contribution in [0.25, 0.3) is 0 Å².